The molecule has 2 aliphatic heterocycles. The summed E-state index contributed by atoms with van der Waals surface area (Å²) in [7, 11) is 0. The lowest BCUT2D eigenvalue weighted by Gasteiger charge is -2.23. The lowest BCUT2D eigenvalue weighted by Crippen LogP contribution is -2.42. The Hall–Kier alpha value is -0.650. The van der Waals surface area contributed by atoms with Crippen molar-refractivity contribution in [2.75, 3.05) is 39.6 Å². The number of nitrogens with one attached hydrogen (secondary N) is 1. The summed E-state index contributed by atoms with van der Waals surface area (Å²) >= 11 is 0. The molecule has 92 valence electrons. The first-order valence-corrected chi connectivity index (χ1v) is 5.89. The minimum Gasteiger partial charge on any atom is -0.465 e. The molecular formula is C11H19NO4. The van der Waals surface area contributed by atoms with Crippen LogP contribution in [0.3, 0.4) is 0 Å². The number of ether oxygens (including phenoxy) is 3. The SMILES string of the molecule is O=C(CC1COCCN1)OCC1CCOC1. The smallest absolute Gasteiger partial charge is 0.307 e. The lowest BCUT2D eigenvalue weighted by atomic mass is 10.1. The molecule has 0 aromatic carbocycles. The molecule has 2 aliphatic rings. The third-order valence-electron chi connectivity index (χ3n) is 2.92. The molecule has 16 heavy (non-hydrogen) atoms. The van der Waals surface area contributed by atoms with Gasteiger partial charge in [0.2, 0.25) is 0 Å². The van der Waals surface area contributed by atoms with Crippen LogP contribution in [0, 0.1) is 5.92 Å². The topological polar surface area (TPSA) is 56.8 Å². The van der Waals surface area contributed by atoms with Crippen LogP contribution in [0.1, 0.15) is 12.8 Å². The van der Waals surface area contributed by atoms with Gasteiger partial charge in [0.25, 0.3) is 0 Å². The maximum Gasteiger partial charge on any atom is 0.307 e. The third kappa shape index (κ3) is 3.73. The predicted octanol–water partition coefficient (Wildman–Crippen LogP) is -0.0554. The van der Waals surface area contributed by atoms with Gasteiger partial charge in [-0.25, -0.2) is 0 Å². The van der Waals surface area contributed by atoms with Crippen LogP contribution in [0.5, 0.6) is 0 Å². The normalized spacial score (nSPS) is 30.2. The Balaban J connectivity index is 1.59. The van der Waals surface area contributed by atoms with Gasteiger partial charge in [0, 0.05) is 25.1 Å². The molecule has 5 heteroatoms. The summed E-state index contributed by atoms with van der Waals surface area (Å²) in [6.45, 7) is 4.14. The minimum absolute atomic E-state index is 0.112. The molecule has 2 saturated heterocycles. The van der Waals surface area contributed by atoms with Crippen molar-refractivity contribution in [2.24, 2.45) is 5.92 Å². The van der Waals surface area contributed by atoms with Crippen molar-refractivity contribution < 1.29 is 19.0 Å². The summed E-state index contributed by atoms with van der Waals surface area (Å²) in [5.41, 5.74) is 0. The van der Waals surface area contributed by atoms with E-state index >= 15 is 0 Å². The van der Waals surface area contributed by atoms with Crippen molar-refractivity contribution in [2.45, 2.75) is 18.9 Å². The molecule has 0 bridgehead atoms. The first kappa shape index (κ1) is 11.8. The fourth-order valence-corrected chi connectivity index (χ4v) is 1.94. The Morgan fingerprint density at radius 1 is 1.31 bits per heavy atom. The van der Waals surface area contributed by atoms with E-state index in [4.69, 9.17) is 14.2 Å². The zero-order valence-corrected chi connectivity index (χ0v) is 9.44. The summed E-state index contributed by atoms with van der Waals surface area (Å²) < 4.78 is 15.7. The Bertz CT molecular complexity index is 222. The maximum atomic E-state index is 11.5. The number of hydrogen-bond acceptors (Lipinski definition) is 5. The molecule has 0 radical (unpaired) electrons. The van der Waals surface area contributed by atoms with Gasteiger partial charge in [0.1, 0.15) is 0 Å². The molecule has 1 N–H and O–H groups in total. The predicted molar refractivity (Wildman–Crippen MR) is 57.1 cm³/mol. The fraction of sp³-hybridized carbons (Fsp3) is 0.909. The van der Waals surface area contributed by atoms with E-state index < -0.39 is 0 Å². The van der Waals surface area contributed by atoms with E-state index in [1.165, 1.54) is 0 Å². The van der Waals surface area contributed by atoms with Crippen molar-refractivity contribution in [1.82, 2.24) is 5.32 Å². The van der Waals surface area contributed by atoms with Crippen LogP contribution in [-0.2, 0) is 19.0 Å². The van der Waals surface area contributed by atoms with E-state index in [2.05, 4.69) is 5.32 Å². The van der Waals surface area contributed by atoms with Gasteiger partial charge in [-0.05, 0) is 6.42 Å². The molecule has 0 saturated carbocycles. The summed E-state index contributed by atoms with van der Waals surface area (Å²) in [5, 5.41) is 3.23. The zero-order valence-electron chi connectivity index (χ0n) is 9.44. The molecule has 0 spiro atoms. The van der Waals surface area contributed by atoms with Gasteiger partial charge < -0.3 is 19.5 Å². The molecule has 5 nitrogen and oxygen atoms in total. The summed E-state index contributed by atoms with van der Waals surface area (Å²) in [6.07, 6.45) is 1.39. The van der Waals surface area contributed by atoms with Gasteiger partial charge in [0.05, 0.1) is 32.8 Å². The molecule has 2 atom stereocenters. The van der Waals surface area contributed by atoms with Gasteiger partial charge >= 0.3 is 5.97 Å². The molecule has 0 amide bonds. The monoisotopic (exact) mass is 229 g/mol. The van der Waals surface area contributed by atoms with Gasteiger partial charge in [-0.2, -0.15) is 0 Å². The Kier molecular flexibility index (Phi) is 4.56. The molecule has 2 rings (SSSR count). The second kappa shape index (κ2) is 6.18. The van der Waals surface area contributed by atoms with Crippen LogP contribution in [0.15, 0.2) is 0 Å². The maximum absolute atomic E-state index is 11.5. The fourth-order valence-electron chi connectivity index (χ4n) is 1.94. The number of esters is 1. The molecule has 2 unspecified atom stereocenters. The van der Waals surface area contributed by atoms with E-state index in [0.29, 0.717) is 25.6 Å². The Morgan fingerprint density at radius 3 is 2.88 bits per heavy atom. The highest BCUT2D eigenvalue weighted by Crippen LogP contribution is 2.12. The number of carbonyl (C=O) groups is 1. The standard InChI is InChI=1S/C11H19NO4/c13-11(5-10-8-15-4-2-12-10)16-7-9-1-3-14-6-9/h9-10,12H,1-8H2. The second-order valence-electron chi connectivity index (χ2n) is 4.34. The largest absolute Gasteiger partial charge is 0.465 e. The number of rotatable bonds is 4. The number of carbonyl (C=O) groups excluding carboxylic acids is 1. The molecular weight excluding hydrogens is 210 g/mol. The van der Waals surface area contributed by atoms with Gasteiger partial charge in [-0.15, -0.1) is 0 Å². The second-order valence-corrected chi connectivity index (χ2v) is 4.34. The molecule has 2 heterocycles. The van der Waals surface area contributed by atoms with Crippen molar-refractivity contribution in [1.29, 1.82) is 0 Å². The molecule has 0 aromatic rings. The van der Waals surface area contributed by atoms with Crippen molar-refractivity contribution in [3.05, 3.63) is 0 Å². The third-order valence-corrected chi connectivity index (χ3v) is 2.92. The van der Waals surface area contributed by atoms with Crippen molar-refractivity contribution in [3.63, 3.8) is 0 Å². The van der Waals surface area contributed by atoms with Crippen molar-refractivity contribution in [3.8, 4) is 0 Å². The van der Waals surface area contributed by atoms with E-state index in [9.17, 15) is 4.79 Å². The van der Waals surface area contributed by atoms with Crippen LogP contribution in [-0.4, -0.2) is 51.6 Å². The van der Waals surface area contributed by atoms with Gasteiger partial charge in [0.15, 0.2) is 0 Å². The van der Waals surface area contributed by atoms with Crippen LogP contribution < -0.4 is 5.32 Å². The lowest BCUT2D eigenvalue weighted by molar-refractivity contribution is -0.146. The quantitative estimate of drug-likeness (QED) is 0.685. The van der Waals surface area contributed by atoms with E-state index in [0.717, 1.165) is 32.8 Å². The summed E-state index contributed by atoms with van der Waals surface area (Å²) in [5.74, 6) is 0.245. The van der Waals surface area contributed by atoms with Crippen LogP contribution >= 0.6 is 0 Å². The van der Waals surface area contributed by atoms with Crippen molar-refractivity contribution >= 4 is 5.97 Å². The number of morpholine rings is 1. The molecule has 2 fully saturated rings. The summed E-state index contributed by atoms with van der Waals surface area (Å²) in [4.78, 5) is 11.5. The minimum atomic E-state index is -0.144. The average molecular weight is 229 g/mol. The average Bonchev–Trinajstić information content (AvgIpc) is 2.81. The zero-order chi connectivity index (χ0) is 11.2. The van der Waals surface area contributed by atoms with Gasteiger partial charge in [-0.3, -0.25) is 4.79 Å². The first-order valence-electron chi connectivity index (χ1n) is 5.89. The Morgan fingerprint density at radius 2 is 2.19 bits per heavy atom. The highest BCUT2D eigenvalue weighted by Gasteiger charge is 2.20. The van der Waals surface area contributed by atoms with E-state index in [-0.39, 0.29) is 12.0 Å². The highest BCUT2D eigenvalue weighted by molar-refractivity contribution is 5.70. The molecule has 0 aromatic heterocycles. The van der Waals surface area contributed by atoms with Crippen LogP contribution in [0.4, 0.5) is 0 Å². The Labute approximate surface area is 95.4 Å². The number of hydrogen-bond donors (Lipinski definition) is 1. The van der Waals surface area contributed by atoms with Crippen LogP contribution in [0.25, 0.3) is 0 Å². The van der Waals surface area contributed by atoms with E-state index in [1.54, 1.807) is 0 Å². The van der Waals surface area contributed by atoms with Gasteiger partial charge in [-0.1, -0.05) is 0 Å². The van der Waals surface area contributed by atoms with E-state index in [1.807, 2.05) is 0 Å². The highest BCUT2D eigenvalue weighted by atomic mass is 16.5. The first-order chi connectivity index (χ1) is 7.84. The van der Waals surface area contributed by atoms with Crippen LogP contribution in [0.2, 0.25) is 0 Å². The molecule has 0 aliphatic carbocycles. The summed E-state index contributed by atoms with van der Waals surface area (Å²) in [6, 6.07) is 0.112.